The molecule has 0 aromatic heterocycles. The highest BCUT2D eigenvalue weighted by atomic mass is 16.5. The van der Waals surface area contributed by atoms with Crippen LogP contribution in [0.15, 0.2) is 11.6 Å². The topological polar surface area (TPSA) is 103 Å². The van der Waals surface area contributed by atoms with E-state index in [0.717, 1.165) is 80.9 Å². The number of rotatable bonds is 19. The van der Waals surface area contributed by atoms with E-state index in [1.165, 1.54) is 95.0 Å². The van der Waals surface area contributed by atoms with E-state index in [1.807, 2.05) is 0 Å². The van der Waals surface area contributed by atoms with Gasteiger partial charge in [0.1, 0.15) is 6.10 Å². The average molecular weight is 633 g/mol. The van der Waals surface area contributed by atoms with Gasteiger partial charge >= 0.3 is 5.97 Å². The van der Waals surface area contributed by atoms with Gasteiger partial charge in [-0.15, -0.1) is 0 Å². The molecule has 0 saturated heterocycles. The Bertz CT molecular complexity index is 938. The van der Waals surface area contributed by atoms with E-state index >= 15 is 0 Å². The summed E-state index contributed by atoms with van der Waals surface area (Å²) in [7, 11) is 0. The lowest BCUT2D eigenvalue weighted by molar-refractivity contribution is -0.894. The lowest BCUT2D eigenvalue weighted by Crippen LogP contribution is -3.13. The number of hydrogen-bond donors (Lipinski definition) is 4. The standard InChI is InChI=1S/C39H72N4O2/c1-29(2)11-8-12-30(3)34-15-16-35-33-14-13-31-27-32(17-19-38(31,4)36(33)18-20-39(34,35)5)45-37(44)28-43(26-10-22-41)25-7-6-23-42-24-9-21-40/h13,29-30,32-36,42H,6-12,14-28,40-41H2,1-5H3/p+4/t30-,32+,33+,34-,35+,36+,38+,39-/m1/s1. The monoisotopic (exact) mass is 633 g/mol. The Hall–Kier alpha value is -0.950. The quantitative estimate of drug-likeness (QED) is 0.0997. The molecule has 0 spiro atoms. The summed E-state index contributed by atoms with van der Waals surface area (Å²) in [4.78, 5) is 14.6. The zero-order valence-electron chi connectivity index (χ0n) is 30.5. The number of hydrogen-bond acceptors (Lipinski definition) is 2. The maximum Gasteiger partial charge on any atom is 0.361 e. The summed E-state index contributed by atoms with van der Waals surface area (Å²) in [5, 5.41) is 2.42. The van der Waals surface area contributed by atoms with Gasteiger partial charge < -0.3 is 26.4 Å². The summed E-state index contributed by atoms with van der Waals surface area (Å²) in [6.45, 7) is 19.6. The molecule has 0 amide bonds. The second-order valence-electron chi connectivity index (χ2n) is 17.1. The minimum absolute atomic E-state index is 0.0203. The van der Waals surface area contributed by atoms with Gasteiger partial charge in [-0.3, -0.25) is 0 Å². The van der Waals surface area contributed by atoms with Crippen molar-refractivity contribution >= 4 is 5.97 Å². The second-order valence-corrected chi connectivity index (χ2v) is 17.1. The molecule has 0 aromatic rings. The first-order valence-electron chi connectivity index (χ1n) is 19.7. The van der Waals surface area contributed by atoms with Crippen LogP contribution in [-0.4, -0.2) is 57.9 Å². The maximum absolute atomic E-state index is 13.2. The molecule has 6 heteroatoms. The van der Waals surface area contributed by atoms with E-state index in [4.69, 9.17) is 4.74 Å². The third-order valence-electron chi connectivity index (χ3n) is 13.6. The molecular weight excluding hydrogens is 556 g/mol. The number of ether oxygens (including phenoxy) is 1. The molecular formula is C39H76N4O2+4. The van der Waals surface area contributed by atoms with Crippen LogP contribution in [0.2, 0.25) is 0 Å². The van der Waals surface area contributed by atoms with Crippen LogP contribution in [0.5, 0.6) is 0 Å². The summed E-state index contributed by atoms with van der Waals surface area (Å²) < 4.78 is 6.25. The highest BCUT2D eigenvalue weighted by Crippen LogP contribution is 2.67. The van der Waals surface area contributed by atoms with Gasteiger partial charge in [0.15, 0.2) is 6.54 Å². The van der Waals surface area contributed by atoms with Crippen molar-refractivity contribution in [3.63, 3.8) is 0 Å². The van der Waals surface area contributed by atoms with E-state index in [9.17, 15) is 4.79 Å². The van der Waals surface area contributed by atoms with E-state index in [1.54, 1.807) is 5.57 Å². The first-order chi connectivity index (χ1) is 21.6. The van der Waals surface area contributed by atoms with Crippen molar-refractivity contribution in [1.82, 2.24) is 0 Å². The van der Waals surface area contributed by atoms with E-state index in [-0.39, 0.29) is 12.1 Å². The number of esters is 1. The van der Waals surface area contributed by atoms with Gasteiger partial charge in [0.05, 0.1) is 39.3 Å². The minimum atomic E-state index is 0.0203. The van der Waals surface area contributed by atoms with Crippen molar-refractivity contribution < 1.29 is 31.2 Å². The number of carbonyl (C=O) groups excluding carboxylic acids is 1. The summed E-state index contributed by atoms with van der Waals surface area (Å²) in [6, 6.07) is 0. The lowest BCUT2D eigenvalue weighted by atomic mass is 9.47. The zero-order valence-corrected chi connectivity index (χ0v) is 30.5. The molecule has 0 heterocycles. The van der Waals surface area contributed by atoms with Gasteiger partial charge in [-0.05, 0) is 91.3 Å². The van der Waals surface area contributed by atoms with E-state index in [2.05, 4.69) is 57.5 Å². The SMILES string of the molecule is CC(C)CCC[C@@H](C)[C@H]1CC[C@H]2[C@@H]3CC=C4C[C@@H](OC(=O)C[NH+](CCC[NH3+])CCCC[NH2+]CCC[NH3+])CC[C@]4(C)[C@H]3CC[C@]12C. The Morgan fingerprint density at radius 3 is 2.44 bits per heavy atom. The molecule has 0 bridgehead atoms. The van der Waals surface area contributed by atoms with Crippen LogP contribution >= 0.6 is 0 Å². The van der Waals surface area contributed by atoms with Crippen LogP contribution < -0.4 is 21.7 Å². The maximum atomic E-state index is 13.2. The fraction of sp³-hybridized carbons (Fsp3) is 0.923. The largest absolute Gasteiger partial charge is 0.458 e. The van der Waals surface area contributed by atoms with Crippen molar-refractivity contribution in [2.24, 2.45) is 46.3 Å². The van der Waals surface area contributed by atoms with Gasteiger partial charge in [0.25, 0.3) is 0 Å². The van der Waals surface area contributed by atoms with Gasteiger partial charge in [0.2, 0.25) is 0 Å². The number of nitrogens with one attached hydrogen (secondary N) is 1. The number of allylic oxidation sites excluding steroid dienone is 1. The molecule has 0 radical (unpaired) electrons. The predicted molar refractivity (Wildman–Crippen MR) is 184 cm³/mol. The molecule has 1 unspecified atom stereocenters. The molecule has 3 saturated carbocycles. The van der Waals surface area contributed by atoms with E-state index in [0.29, 0.717) is 17.4 Å². The molecule has 4 rings (SSSR count). The Labute approximate surface area is 277 Å². The van der Waals surface area contributed by atoms with Gasteiger partial charge in [-0.1, -0.05) is 65.5 Å². The first kappa shape index (κ1) is 36.9. The molecule has 3 fully saturated rings. The molecule has 45 heavy (non-hydrogen) atoms. The summed E-state index contributed by atoms with van der Waals surface area (Å²) in [5.41, 5.74) is 10.5. The van der Waals surface area contributed by atoms with Crippen LogP contribution in [0.25, 0.3) is 0 Å². The number of quaternary nitrogens is 4. The van der Waals surface area contributed by atoms with E-state index < -0.39 is 0 Å². The Morgan fingerprint density at radius 2 is 1.69 bits per heavy atom. The highest BCUT2D eigenvalue weighted by Gasteiger charge is 2.59. The molecule has 0 aromatic carbocycles. The Balaban J connectivity index is 1.28. The third kappa shape index (κ3) is 9.36. The smallest absolute Gasteiger partial charge is 0.361 e. The lowest BCUT2D eigenvalue weighted by Gasteiger charge is -2.58. The van der Waals surface area contributed by atoms with Crippen LogP contribution in [0.4, 0.5) is 0 Å². The van der Waals surface area contributed by atoms with Crippen LogP contribution in [0.3, 0.4) is 0 Å². The number of nitrogens with two attached hydrogens (primary N) is 1. The zero-order chi connectivity index (χ0) is 32.5. The first-order valence-corrected chi connectivity index (χ1v) is 19.7. The van der Waals surface area contributed by atoms with Crippen molar-refractivity contribution in [2.75, 3.05) is 45.8 Å². The second kappa shape index (κ2) is 17.4. The molecule has 4 aliphatic carbocycles. The van der Waals surface area contributed by atoms with Gasteiger partial charge in [-0.2, -0.15) is 0 Å². The molecule has 4 aliphatic rings. The van der Waals surface area contributed by atoms with Crippen molar-refractivity contribution in [1.29, 1.82) is 0 Å². The van der Waals surface area contributed by atoms with Gasteiger partial charge in [0, 0.05) is 32.1 Å². The highest BCUT2D eigenvalue weighted by molar-refractivity contribution is 5.70. The molecule has 9 atom stereocenters. The summed E-state index contributed by atoms with van der Waals surface area (Å²) in [6.07, 6.45) is 21.8. The molecule has 0 aliphatic heterocycles. The van der Waals surface area contributed by atoms with Crippen molar-refractivity contribution in [3.8, 4) is 0 Å². The van der Waals surface area contributed by atoms with Crippen molar-refractivity contribution in [2.45, 2.75) is 137 Å². The Kier molecular flexibility index (Phi) is 14.3. The molecule has 260 valence electrons. The number of unbranched alkanes of at least 4 members (excludes halogenated alkanes) is 1. The van der Waals surface area contributed by atoms with Gasteiger partial charge in [-0.25, -0.2) is 4.79 Å². The van der Waals surface area contributed by atoms with Crippen LogP contribution in [0, 0.1) is 46.3 Å². The fourth-order valence-corrected chi connectivity index (χ4v) is 11.0. The van der Waals surface area contributed by atoms with Crippen molar-refractivity contribution in [3.05, 3.63) is 11.6 Å². The van der Waals surface area contributed by atoms with Crippen LogP contribution in [0.1, 0.15) is 131 Å². The Morgan fingerprint density at radius 1 is 0.933 bits per heavy atom. The summed E-state index contributed by atoms with van der Waals surface area (Å²) >= 11 is 0. The normalized spacial score (nSPS) is 34.0. The van der Waals surface area contributed by atoms with Crippen LogP contribution in [-0.2, 0) is 9.53 Å². The number of carbonyl (C=O) groups is 1. The predicted octanol–water partition coefficient (Wildman–Crippen LogP) is 3.43. The fourth-order valence-electron chi connectivity index (χ4n) is 11.0. The number of fused-ring (bicyclic) bond motifs is 5. The summed E-state index contributed by atoms with van der Waals surface area (Å²) in [5.74, 6) is 5.22. The molecule has 6 nitrogen and oxygen atoms in total. The third-order valence-corrected chi connectivity index (χ3v) is 13.6. The molecule has 9 N–H and O–H groups in total. The average Bonchev–Trinajstić information content (AvgIpc) is 3.36. The minimum Gasteiger partial charge on any atom is -0.458 e.